The first kappa shape index (κ1) is 15.2. The number of alkyl halides is 1. The van der Waals surface area contributed by atoms with Gasteiger partial charge in [-0.3, -0.25) is 0 Å². The van der Waals surface area contributed by atoms with E-state index in [1.165, 1.54) is 12.8 Å². The second-order valence-corrected chi connectivity index (χ2v) is 5.12. The van der Waals surface area contributed by atoms with E-state index >= 15 is 0 Å². The molecule has 0 bridgehead atoms. The Balaban J connectivity index is 2.51. The molecule has 0 saturated carbocycles. The minimum Gasteiger partial charge on any atom is -0.494 e. The van der Waals surface area contributed by atoms with E-state index in [-0.39, 0.29) is 0 Å². The molecule has 0 aliphatic heterocycles. The van der Waals surface area contributed by atoms with Crippen LogP contribution in [0.2, 0.25) is 0 Å². The van der Waals surface area contributed by atoms with Crippen molar-refractivity contribution in [3.63, 3.8) is 0 Å². The van der Waals surface area contributed by atoms with Crippen molar-refractivity contribution < 1.29 is 4.74 Å². The molecule has 0 aromatic heterocycles. The van der Waals surface area contributed by atoms with Crippen LogP contribution in [0.5, 0.6) is 5.75 Å². The molecule has 18 heavy (non-hydrogen) atoms. The normalized spacial score (nSPS) is 10.7. The molecule has 0 atom stereocenters. The summed E-state index contributed by atoms with van der Waals surface area (Å²) in [4.78, 5) is 0. The van der Waals surface area contributed by atoms with Crippen LogP contribution in [0.25, 0.3) is 0 Å². The van der Waals surface area contributed by atoms with Gasteiger partial charge >= 0.3 is 0 Å². The Morgan fingerprint density at radius 1 is 1.33 bits per heavy atom. The zero-order chi connectivity index (χ0) is 13.4. The first-order valence-corrected chi connectivity index (χ1v) is 7.26. The molecule has 0 amide bonds. The second-order valence-electron chi connectivity index (χ2n) is 4.85. The monoisotopic (exact) mass is 269 g/mol. The third-order valence-corrected chi connectivity index (χ3v) is 3.08. The lowest BCUT2D eigenvalue weighted by molar-refractivity contribution is 0.337. The zero-order valence-electron chi connectivity index (χ0n) is 11.6. The molecular weight excluding hydrogens is 246 g/mol. The Hall–Kier alpha value is -0.890. The van der Waals surface area contributed by atoms with Gasteiger partial charge in [0.05, 0.1) is 12.5 Å². The highest BCUT2D eigenvalue weighted by Gasteiger charge is 2.04. The SMILES string of the molecule is CCOc1ccc(NCCCC(C)C)cc1CCl. The van der Waals surface area contributed by atoms with Gasteiger partial charge in [-0.25, -0.2) is 0 Å². The summed E-state index contributed by atoms with van der Waals surface area (Å²) in [7, 11) is 0. The van der Waals surface area contributed by atoms with E-state index in [0.29, 0.717) is 12.5 Å². The zero-order valence-corrected chi connectivity index (χ0v) is 12.4. The predicted octanol–water partition coefficient (Wildman–Crippen LogP) is 4.67. The summed E-state index contributed by atoms with van der Waals surface area (Å²) < 4.78 is 5.53. The predicted molar refractivity (Wildman–Crippen MR) is 79.7 cm³/mol. The van der Waals surface area contributed by atoms with Gasteiger partial charge in [0.2, 0.25) is 0 Å². The number of hydrogen-bond donors (Lipinski definition) is 1. The van der Waals surface area contributed by atoms with E-state index in [4.69, 9.17) is 16.3 Å². The lowest BCUT2D eigenvalue weighted by Crippen LogP contribution is -2.04. The van der Waals surface area contributed by atoms with Crippen LogP contribution in [0.15, 0.2) is 18.2 Å². The minimum atomic E-state index is 0.483. The van der Waals surface area contributed by atoms with Crippen molar-refractivity contribution >= 4 is 17.3 Å². The number of rotatable bonds is 8. The van der Waals surface area contributed by atoms with Gasteiger partial charge in [0.25, 0.3) is 0 Å². The lowest BCUT2D eigenvalue weighted by Gasteiger charge is -2.12. The third kappa shape index (κ3) is 5.18. The fourth-order valence-electron chi connectivity index (χ4n) is 1.83. The van der Waals surface area contributed by atoms with Crippen LogP contribution in [0.4, 0.5) is 5.69 Å². The summed E-state index contributed by atoms with van der Waals surface area (Å²) in [6, 6.07) is 6.12. The molecule has 1 aromatic carbocycles. The minimum absolute atomic E-state index is 0.483. The maximum absolute atomic E-state index is 5.93. The molecule has 0 spiro atoms. The number of halogens is 1. The molecular formula is C15H24ClNO. The maximum atomic E-state index is 5.93. The Kier molecular flexibility index (Phi) is 6.96. The maximum Gasteiger partial charge on any atom is 0.123 e. The van der Waals surface area contributed by atoms with Crippen molar-refractivity contribution in [3.8, 4) is 5.75 Å². The molecule has 0 unspecified atom stereocenters. The highest BCUT2D eigenvalue weighted by molar-refractivity contribution is 6.17. The summed E-state index contributed by atoms with van der Waals surface area (Å²) in [5, 5.41) is 3.43. The summed E-state index contributed by atoms with van der Waals surface area (Å²) in [6.45, 7) is 8.17. The van der Waals surface area contributed by atoms with Gasteiger partial charge in [0.1, 0.15) is 5.75 Å². The third-order valence-electron chi connectivity index (χ3n) is 2.79. The number of hydrogen-bond acceptors (Lipinski definition) is 2. The molecule has 0 aliphatic carbocycles. The van der Waals surface area contributed by atoms with E-state index in [9.17, 15) is 0 Å². The smallest absolute Gasteiger partial charge is 0.123 e. The van der Waals surface area contributed by atoms with Gasteiger partial charge in [-0.15, -0.1) is 11.6 Å². The summed E-state index contributed by atoms with van der Waals surface area (Å²) in [6.07, 6.45) is 2.45. The van der Waals surface area contributed by atoms with Gasteiger partial charge in [0.15, 0.2) is 0 Å². The Morgan fingerprint density at radius 3 is 2.72 bits per heavy atom. The van der Waals surface area contributed by atoms with Crippen LogP contribution in [-0.2, 0) is 5.88 Å². The largest absolute Gasteiger partial charge is 0.494 e. The number of benzene rings is 1. The number of ether oxygens (including phenoxy) is 1. The number of anilines is 1. The Labute approximate surface area is 116 Å². The molecule has 3 heteroatoms. The van der Waals surface area contributed by atoms with Crippen molar-refractivity contribution in [2.24, 2.45) is 5.92 Å². The fraction of sp³-hybridized carbons (Fsp3) is 0.600. The van der Waals surface area contributed by atoms with Crippen molar-refractivity contribution in [1.82, 2.24) is 0 Å². The number of nitrogens with one attached hydrogen (secondary N) is 1. The molecule has 0 heterocycles. The lowest BCUT2D eigenvalue weighted by atomic mass is 10.1. The fourth-order valence-corrected chi connectivity index (χ4v) is 2.04. The highest BCUT2D eigenvalue weighted by Crippen LogP contribution is 2.24. The van der Waals surface area contributed by atoms with Gasteiger partial charge < -0.3 is 10.1 Å². The van der Waals surface area contributed by atoms with Crippen LogP contribution in [-0.4, -0.2) is 13.2 Å². The van der Waals surface area contributed by atoms with E-state index in [1.54, 1.807) is 0 Å². The molecule has 0 radical (unpaired) electrons. The Bertz CT molecular complexity index is 352. The van der Waals surface area contributed by atoms with Crippen molar-refractivity contribution in [3.05, 3.63) is 23.8 Å². The van der Waals surface area contributed by atoms with Crippen molar-refractivity contribution in [2.45, 2.75) is 39.5 Å². The molecule has 0 fully saturated rings. The standard InChI is InChI=1S/C15H24ClNO/c1-4-18-15-8-7-14(10-13(15)11-16)17-9-5-6-12(2)3/h7-8,10,12,17H,4-6,9,11H2,1-3H3. The Morgan fingerprint density at radius 2 is 2.11 bits per heavy atom. The molecule has 1 N–H and O–H groups in total. The molecule has 0 saturated heterocycles. The van der Waals surface area contributed by atoms with Crippen molar-refractivity contribution in [1.29, 1.82) is 0 Å². The van der Waals surface area contributed by atoms with Gasteiger partial charge in [0, 0.05) is 17.8 Å². The van der Waals surface area contributed by atoms with E-state index in [0.717, 1.165) is 29.5 Å². The molecule has 1 rings (SSSR count). The topological polar surface area (TPSA) is 21.3 Å². The molecule has 1 aromatic rings. The van der Waals surface area contributed by atoms with Crippen molar-refractivity contribution in [2.75, 3.05) is 18.5 Å². The van der Waals surface area contributed by atoms with Crippen LogP contribution in [0.3, 0.4) is 0 Å². The molecule has 0 aliphatic rings. The summed E-state index contributed by atoms with van der Waals surface area (Å²) >= 11 is 5.93. The average Bonchev–Trinajstić information content (AvgIpc) is 2.36. The van der Waals surface area contributed by atoms with Gasteiger partial charge in [-0.2, -0.15) is 0 Å². The van der Waals surface area contributed by atoms with Gasteiger partial charge in [-0.05, 0) is 43.9 Å². The quantitative estimate of drug-likeness (QED) is 0.547. The van der Waals surface area contributed by atoms with E-state index in [1.807, 2.05) is 13.0 Å². The van der Waals surface area contributed by atoms with E-state index < -0.39 is 0 Å². The summed E-state index contributed by atoms with van der Waals surface area (Å²) in [5.74, 6) is 2.14. The van der Waals surface area contributed by atoms with Crippen LogP contribution >= 0.6 is 11.6 Å². The first-order chi connectivity index (χ1) is 8.67. The first-order valence-electron chi connectivity index (χ1n) is 6.73. The second kappa shape index (κ2) is 8.25. The molecule has 102 valence electrons. The van der Waals surface area contributed by atoms with Crippen LogP contribution in [0.1, 0.15) is 39.2 Å². The highest BCUT2D eigenvalue weighted by atomic mass is 35.5. The van der Waals surface area contributed by atoms with Gasteiger partial charge in [-0.1, -0.05) is 13.8 Å². The summed E-state index contributed by atoms with van der Waals surface area (Å²) in [5.41, 5.74) is 2.17. The average molecular weight is 270 g/mol. The molecule has 2 nitrogen and oxygen atoms in total. The van der Waals surface area contributed by atoms with Crippen LogP contribution < -0.4 is 10.1 Å². The van der Waals surface area contributed by atoms with Crippen LogP contribution in [0, 0.1) is 5.92 Å². The van der Waals surface area contributed by atoms with E-state index in [2.05, 4.69) is 31.3 Å².